The number of rotatable bonds is 3. The summed E-state index contributed by atoms with van der Waals surface area (Å²) in [7, 11) is 1.67. The molecule has 1 aromatic carbocycles. The van der Waals surface area contributed by atoms with Gasteiger partial charge in [0.25, 0.3) is 5.91 Å². The second-order valence-electron chi connectivity index (χ2n) is 3.76. The summed E-state index contributed by atoms with van der Waals surface area (Å²) in [4.78, 5) is 15.9. The fourth-order valence-corrected chi connectivity index (χ4v) is 1.49. The van der Waals surface area contributed by atoms with Gasteiger partial charge >= 0.3 is 0 Å². The molecule has 0 radical (unpaired) electrons. The molecule has 0 bridgehead atoms. The fraction of sp³-hybridized carbons (Fsp3) is 0.0769. The lowest BCUT2D eigenvalue weighted by molar-refractivity contribution is 0.102. The standard InChI is InChI=1S/C13H11F2N3O/c1-16-12-6-8(4-5-17-12)13(19)18-11-3-2-9(14)7-10(11)15/h2-7H,1H3,(H,16,17)(H,18,19). The van der Waals surface area contributed by atoms with E-state index in [1.807, 2.05) is 0 Å². The Labute approximate surface area is 108 Å². The first kappa shape index (κ1) is 12.9. The molecule has 1 aromatic heterocycles. The highest BCUT2D eigenvalue weighted by atomic mass is 19.1. The van der Waals surface area contributed by atoms with Gasteiger partial charge in [0.2, 0.25) is 0 Å². The molecule has 2 rings (SSSR count). The maximum Gasteiger partial charge on any atom is 0.255 e. The molecule has 0 fully saturated rings. The van der Waals surface area contributed by atoms with Gasteiger partial charge in [0, 0.05) is 24.9 Å². The zero-order valence-electron chi connectivity index (χ0n) is 10.1. The number of halogens is 2. The Bertz CT molecular complexity index is 617. The van der Waals surface area contributed by atoms with E-state index in [0.717, 1.165) is 6.07 Å². The molecule has 1 amide bonds. The Morgan fingerprint density at radius 1 is 1.21 bits per heavy atom. The van der Waals surface area contributed by atoms with Gasteiger partial charge in [-0.1, -0.05) is 0 Å². The van der Waals surface area contributed by atoms with Crippen molar-refractivity contribution in [1.29, 1.82) is 0 Å². The Hall–Kier alpha value is -2.50. The molecule has 0 saturated carbocycles. The number of hydrogen-bond donors (Lipinski definition) is 2. The molecule has 1 heterocycles. The third kappa shape index (κ3) is 3.04. The average Bonchev–Trinajstić information content (AvgIpc) is 2.42. The van der Waals surface area contributed by atoms with E-state index in [9.17, 15) is 13.6 Å². The Balaban J connectivity index is 2.20. The van der Waals surface area contributed by atoms with Gasteiger partial charge in [-0.15, -0.1) is 0 Å². The van der Waals surface area contributed by atoms with Crippen molar-refractivity contribution in [2.75, 3.05) is 17.7 Å². The first-order valence-corrected chi connectivity index (χ1v) is 5.50. The minimum Gasteiger partial charge on any atom is -0.373 e. The minimum absolute atomic E-state index is 0.0748. The number of hydrogen-bond acceptors (Lipinski definition) is 3. The smallest absolute Gasteiger partial charge is 0.255 e. The summed E-state index contributed by atoms with van der Waals surface area (Å²) in [5.74, 6) is -1.50. The molecule has 0 saturated heterocycles. The van der Waals surface area contributed by atoms with Crippen LogP contribution >= 0.6 is 0 Å². The van der Waals surface area contributed by atoms with Crippen molar-refractivity contribution in [3.05, 3.63) is 53.7 Å². The Morgan fingerprint density at radius 2 is 2.00 bits per heavy atom. The van der Waals surface area contributed by atoms with Crippen molar-refractivity contribution in [3.63, 3.8) is 0 Å². The Morgan fingerprint density at radius 3 is 2.68 bits per heavy atom. The number of anilines is 2. The van der Waals surface area contributed by atoms with Gasteiger partial charge in [-0.3, -0.25) is 4.79 Å². The first-order valence-electron chi connectivity index (χ1n) is 5.50. The maximum absolute atomic E-state index is 13.4. The SMILES string of the molecule is CNc1cc(C(=O)Nc2ccc(F)cc2F)ccn1. The Kier molecular flexibility index (Phi) is 3.70. The van der Waals surface area contributed by atoms with E-state index in [1.54, 1.807) is 7.05 Å². The fourth-order valence-electron chi connectivity index (χ4n) is 1.49. The van der Waals surface area contributed by atoms with Gasteiger partial charge in [-0.05, 0) is 24.3 Å². The van der Waals surface area contributed by atoms with Crippen molar-refractivity contribution in [3.8, 4) is 0 Å². The molecule has 2 N–H and O–H groups in total. The van der Waals surface area contributed by atoms with E-state index in [0.29, 0.717) is 17.4 Å². The summed E-state index contributed by atoms with van der Waals surface area (Å²) in [5.41, 5.74) is 0.247. The number of carbonyl (C=O) groups is 1. The van der Waals surface area contributed by atoms with E-state index in [2.05, 4.69) is 15.6 Å². The van der Waals surface area contributed by atoms with Crippen LogP contribution in [-0.4, -0.2) is 17.9 Å². The lowest BCUT2D eigenvalue weighted by atomic mass is 10.2. The molecule has 0 atom stereocenters. The zero-order chi connectivity index (χ0) is 13.8. The molecule has 0 aliphatic heterocycles. The number of pyridine rings is 1. The number of nitrogens with zero attached hydrogens (tertiary/aromatic N) is 1. The number of nitrogens with one attached hydrogen (secondary N) is 2. The van der Waals surface area contributed by atoms with Crippen LogP contribution in [-0.2, 0) is 0 Å². The van der Waals surface area contributed by atoms with Crippen LogP contribution in [0.3, 0.4) is 0 Å². The summed E-state index contributed by atoms with van der Waals surface area (Å²) in [6.07, 6.45) is 1.46. The molecule has 19 heavy (non-hydrogen) atoms. The van der Waals surface area contributed by atoms with Gasteiger partial charge in [-0.25, -0.2) is 13.8 Å². The van der Waals surface area contributed by atoms with Crippen molar-refractivity contribution in [2.45, 2.75) is 0 Å². The van der Waals surface area contributed by atoms with Gasteiger partial charge in [0.15, 0.2) is 0 Å². The maximum atomic E-state index is 13.4. The van der Waals surface area contributed by atoms with Gasteiger partial charge in [0.1, 0.15) is 17.5 Å². The van der Waals surface area contributed by atoms with Crippen LogP contribution < -0.4 is 10.6 Å². The second-order valence-corrected chi connectivity index (χ2v) is 3.76. The van der Waals surface area contributed by atoms with Gasteiger partial charge in [0.05, 0.1) is 5.69 Å². The number of aromatic nitrogens is 1. The molecule has 0 unspecified atom stereocenters. The summed E-state index contributed by atoms with van der Waals surface area (Å²) in [5, 5.41) is 5.16. The van der Waals surface area contributed by atoms with Crippen molar-refractivity contribution < 1.29 is 13.6 Å². The normalized spacial score (nSPS) is 10.1. The van der Waals surface area contributed by atoms with E-state index in [4.69, 9.17) is 0 Å². The third-order valence-electron chi connectivity index (χ3n) is 2.46. The molecule has 2 aromatic rings. The molecular formula is C13H11F2N3O. The number of benzene rings is 1. The van der Waals surface area contributed by atoms with Crippen LogP contribution in [0.5, 0.6) is 0 Å². The van der Waals surface area contributed by atoms with E-state index in [1.165, 1.54) is 24.4 Å². The van der Waals surface area contributed by atoms with Crippen LogP contribution in [0.4, 0.5) is 20.3 Å². The molecule has 0 spiro atoms. The zero-order valence-corrected chi connectivity index (χ0v) is 10.1. The molecular weight excluding hydrogens is 252 g/mol. The second kappa shape index (κ2) is 5.43. The van der Waals surface area contributed by atoms with Crippen LogP contribution in [0.1, 0.15) is 10.4 Å². The summed E-state index contributed by atoms with van der Waals surface area (Å²) in [6.45, 7) is 0. The topological polar surface area (TPSA) is 54.0 Å². The molecule has 0 aliphatic carbocycles. The third-order valence-corrected chi connectivity index (χ3v) is 2.46. The predicted molar refractivity (Wildman–Crippen MR) is 68.1 cm³/mol. The van der Waals surface area contributed by atoms with Crippen LogP contribution in [0.15, 0.2) is 36.5 Å². The minimum atomic E-state index is -0.823. The van der Waals surface area contributed by atoms with Crippen LogP contribution in [0.2, 0.25) is 0 Å². The summed E-state index contributed by atoms with van der Waals surface area (Å²) < 4.78 is 26.1. The van der Waals surface area contributed by atoms with E-state index >= 15 is 0 Å². The van der Waals surface area contributed by atoms with Crippen molar-refractivity contribution in [1.82, 2.24) is 4.98 Å². The number of amides is 1. The lowest BCUT2D eigenvalue weighted by Gasteiger charge is -2.07. The van der Waals surface area contributed by atoms with Crippen LogP contribution in [0, 0.1) is 11.6 Å². The molecule has 4 nitrogen and oxygen atoms in total. The largest absolute Gasteiger partial charge is 0.373 e. The van der Waals surface area contributed by atoms with Crippen molar-refractivity contribution in [2.24, 2.45) is 0 Å². The summed E-state index contributed by atoms with van der Waals surface area (Å²) >= 11 is 0. The highest BCUT2D eigenvalue weighted by Crippen LogP contribution is 2.16. The average molecular weight is 263 g/mol. The molecule has 0 aliphatic rings. The highest BCUT2D eigenvalue weighted by molar-refractivity contribution is 6.04. The van der Waals surface area contributed by atoms with Crippen molar-refractivity contribution >= 4 is 17.4 Å². The number of carbonyl (C=O) groups excluding carboxylic acids is 1. The molecule has 98 valence electrons. The van der Waals surface area contributed by atoms with Crippen LogP contribution in [0.25, 0.3) is 0 Å². The van der Waals surface area contributed by atoms with E-state index in [-0.39, 0.29) is 5.69 Å². The van der Waals surface area contributed by atoms with E-state index < -0.39 is 17.5 Å². The molecule has 6 heteroatoms. The van der Waals surface area contributed by atoms with Gasteiger partial charge < -0.3 is 10.6 Å². The predicted octanol–water partition coefficient (Wildman–Crippen LogP) is 2.65. The quantitative estimate of drug-likeness (QED) is 0.895. The van der Waals surface area contributed by atoms with Gasteiger partial charge in [-0.2, -0.15) is 0 Å². The highest BCUT2D eigenvalue weighted by Gasteiger charge is 2.10. The monoisotopic (exact) mass is 263 g/mol. The lowest BCUT2D eigenvalue weighted by Crippen LogP contribution is -2.13. The first-order chi connectivity index (χ1) is 9.10. The summed E-state index contributed by atoms with van der Waals surface area (Å²) in [6, 6.07) is 5.97.